The predicted molar refractivity (Wildman–Crippen MR) is 127 cm³/mol. The van der Waals surface area contributed by atoms with E-state index in [1.807, 2.05) is 18.2 Å². The monoisotopic (exact) mass is 497 g/mol. The number of nitrogens with one attached hydrogen (secondary N) is 1. The van der Waals surface area contributed by atoms with Gasteiger partial charge in [0.25, 0.3) is 10.0 Å². The molecule has 1 N–H and O–H groups in total. The average Bonchev–Trinajstić information content (AvgIpc) is 3.26. The molecule has 10 heteroatoms. The van der Waals surface area contributed by atoms with Crippen LogP contribution in [0.2, 0.25) is 0 Å². The molecule has 172 valence electrons. The molecule has 0 saturated carbocycles. The maximum absolute atomic E-state index is 14.9. The number of nitrogens with zero attached hydrogens (tertiary/aromatic N) is 2. The van der Waals surface area contributed by atoms with Crippen molar-refractivity contribution >= 4 is 39.6 Å². The van der Waals surface area contributed by atoms with E-state index in [-0.39, 0.29) is 29.9 Å². The summed E-state index contributed by atoms with van der Waals surface area (Å²) in [5.41, 5.74) is 2.97. The zero-order valence-electron chi connectivity index (χ0n) is 17.5. The van der Waals surface area contributed by atoms with Crippen molar-refractivity contribution in [2.24, 2.45) is 0 Å². The summed E-state index contributed by atoms with van der Waals surface area (Å²) in [6.07, 6.45) is 1.64. The number of piperidine rings is 1. The average molecular weight is 498 g/mol. The molecule has 1 saturated heterocycles. The van der Waals surface area contributed by atoms with E-state index in [2.05, 4.69) is 26.7 Å². The Bertz CT molecular complexity index is 1120. The maximum atomic E-state index is 14.9. The molecule has 0 amide bonds. The van der Waals surface area contributed by atoms with Crippen LogP contribution >= 0.6 is 23.7 Å². The maximum Gasteiger partial charge on any atom is 0.266 e. The number of rotatable bonds is 7. The molecule has 0 spiro atoms. The summed E-state index contributed by atoms with van der Waals surface area (Å²) < 4.78 is 48.3. The lowest BCUT2D eigenvalue weighted by Gasteiger charge is -2.32. The van der Waals surface area contributed by atoms with E-state index in [1.165, 1.54) is 41.5 Å². The van der Waals surface area contributed by atoms with E-state index in [0.717, 1.165) is 32.5 Å². The first-order valence-corrected chi connectivity index (χ1v) is 12.5. The molecular formula is C22H25ClFN3O3S2. The second-order valence-corrected chi connectivity index (χ2v) is 9.93. The summed E-state index contributed by atoms with van der Waals surface area (Å²) in [5.74, 6) is -0.252. The van der Waals surface area contributed by atoms with Gasteiger partial charge < -0.3 is 4.74 Å². The Morgan fingerprint density at radius 1 is 1.19 bits per heavy atom. The standard InChI is InChI=1S/C22H24FN3O3S2.ClH/c1-16-19(7-8-20(22(16)23)31(27,28)25-21-14-30-15-24-21)29-18-9-11-26(12-10-18)13-17-5-3-2-4-6-17;/h2-8,14-15,18,25H,9-13H2,1H3;1H. The first-order chi connectivity index (χ1) is 14.9. The van der Waals surface area contributed by atoms with Gasteiger partial charge in [-0.3, -0.25) is 9.62 Å². The summed E-state index contributed by atoms with van der Waals surface area (Å²) in [6.45, 7) is 4.23. The van der Waals surface area contributed by atoms with Crippen molar-refractivity contribution in [3.8, 4) is 5.75 Å². The number of halogens is 2. The number of aromatic nitrogens is 1. The lowest BCUT2D eigenvalue weighted by atomic mass is 10.1. The summed E-state index contributed by atoms with van der Waals surface area (Å²) in [5, 5.41) is 1.55. The molecule has 2 aromatic carbocycles. The fourth-order valence-corrected chi connectivity index (χ4v) is 5.33. The van der Waals surface area contributed by atoms with Crippen molar-refractivity contribution in [3.63, 3.8) is 0 Å². The molecule has 0 atom stereocenters. The molecule has 1 aromatic heterocycles. The number of ether oxygens (including phenoxy) is 1. The molecule has 6 nitrogen and oxygen atoms in total. The van der Waals surface area contributed by atoms with E-state index in [0.29, 0.717) is 5.75 Å². The molecule has 0 unspecified atom stereocenters. The third kappa shape index (κ3) is 5.78. The van der Waals surface area contributed by atoms with Gasteiger partial charge in [0.1, 0.15) is 22.6 Å². The van der Waals surface area contributed by atoms with Gasteiger partial charge in [-0.05, 0) is 37.5 Å². The van der Waals surface area contributed by atoms with Gasteiger partial charge >= 0.3 is 0 Å². The van der Waals surface area contributed by atoms with E-state index >= 15 is 0 Å². The Morgan fingerprint density at radius 3 is 2.56 bits per heavy atom. The van der Waals surface area contributed by atoms with E-state index in [4.69, 9.17) is 4.74 Å². The van der Waals surface area contributed by atoms with Gasteiger partial charge in [-0.1, -0.05) is 30.3 Å². The second kappa shape index (κ2) is 10.6. The minimum Gasteiger partial charge on any atom is -0.490 e. The minimum absolute atomic E-state index is 0. The number of hydrogen-bond donors (Lipinski definition) is 1. The van der Waals surface area contributed by atoms with Crippen LogP contribution in [0, 0.1) is 12.7 Å². The molecule has 0 bridgehead atoms. The van der Waals surface area contributed by atoms with Crippen LogP contribution in [0.5, 0.6) is 5.75 Å². The number of hydrogen-bond acceptors (Lipinski definition) is 6. The molecule has 1 fully saturated rings. The van der Waals surface area contributed by atoms with Crippen molar-refractivity contribution in [2.75, 3.05) is 17.8 Å². The molecule has 3 aromatic rings. The third-order valence-corrected chi connectivity index (χ3v) is 7.30. The van der Waals surface area contributed by atoms with Crippen LogP contribution < -0.4 is 9.46 Å². The van der Waals surface area contributed by atoms with Gasteiger partial charge in [0.15, 0.2) is 5.82 Å². The molecule has 4 rings (SSSR count). The highest BCUT2D eigenvalue weighted by Crippen LogP contribution is 2.30. The van der Waals surface area contributed by atoms with Crippen LogP contribution in [-0.4, -0.2) is 37.5 Å². The van der Waals surface area contributed by atoms with Crippen molar-refractivity contribution in [2.45, 2.75) is 37.3 Å². The highest BCUT2D eigenvalue weighted by molar-refractivity contribution is 7.92. The Morgan fingerprint density at radius 2 is 1.91 bits per heavy atom. The van der Waals surface area contributed by atoms with Gasteiger partial charge in [-0.15, -0.1) is 23.7 Å². The molecule has 0 radical (unpaired) electrons. The normalized spacial score (nSPS) is 15.2. The number of anilines is 1. The number of sulfonamides is 1. The molecule has 1 aliphatic heterocycles. The lowest BCUT2D eigenvalue weighted by Crippen LogP contribution is -2.37. The predicted octanol–water partition coefficient (Wildman–Crippen LogP) is 4.86. The smallest absolute Gasteiger partial charge is 0.266 e. The summed E-state index contributed by atoms with van der Waals surface area (Å²) in [7, 11) is -4.07. The first-order valence-electron chi connectivity index (χ1n) is 10.1. The van der Waals surface area contributed by atoms with Crippen molar-refractivity contribution in [1.82, 2.24) is 9.88 Å². The largest absolute Gasteiger partial charge is 0.490 e. The SMILES string of the molecule is Cc1c(OC2CCN(Cc3ccccc3)CC2)ccc(S(=O)(=O)Nc2cscn2)c1F.Cl. The molecule has 32 heavy (non-hydrogen) atoms. The molecule has 2 heterocycles. The van der Waals surface area contributed by atoms with Crippen LogP contribution in [0.1, 0.15) is 24.0 Å². The van der Waals surface area contributed by atoms with Crippen molar-refractivity contribution < 1.29 is 17.5 Å². The summed E-state index contributed by atoms with van der Waals surface area (Å²) in [6, 6.07) is 13.1. The van der Waals surface area contributed by atoms with Crippen LogP contribution in [0.15, 0.2) is 58.3 Å². The highest BCUT2D eigenvalue weighted by atomic mass is 35.5. The second-order valence-electron chi connectivity index (χ2n) is 7.56. The Balaban J connectivity index is 0.00000289. The number of likely N-dealkylation sites (tertiary alicyclic amines) is 1. The van der Waals surface area contributed by atoms with Crippen molar-refractivity contribution in [3.05, 3.63) is 70.3 Å². The Hall–Kier alpha value is -2.20. The van der Waals surface area contributed by atoms with Crippen LogP contribution in [0.4, 0.5) is 10.2 Å². The summed E-state index contributed by atoms with van der Waals surface area (Å²) in [4.78, 5) is 5.85. The van der Waals surface area contributed by atoms with Crippen LogP contribution in [-0.2, 0) is 16.6 Å². The minimum atomic E-state index is -4.07. The molecule has 0 aliphatic carbocycles. The van der Waals surface area contributed by atoms with Gasteiger partial charge in [0.05, 0.1) is 5.51 Å². The van der Waals surface area contributed by atoms with Gasteiger partial charge in [-0.2, -0.15) is 0 Å². The topological polar surface area (TPSA) is 71.5 Å². The van der Waals surface area contributed by atoms with Gasteiger partial charge in [-0.25, -0.2) is 17.8 Å². The first kappa shape index (κ1) is 24.4. The Labute approximate surface area is 197 Å². The van der Waals surface area contributed by atoms with Crippen LogP contribution in [0.25, 0.3) is 0 Å². The number of benzene rings is 2. The summed E-state index contributed by atoms with van der Waals surface area (Å²) >= 11 is 1.25. The quantitative estimate of drug-likeness (QED) is 0.505. The molecule has 1 aliphatic rings. The Kier molecular flexibility index (Phi) is 8.10. The fraction of sp³-hybridized carbons (Fsp3) is 0.318. The van der Waals surface area contributed by atoms with E-state index in [1.54, 1.807) is 5.38 Å². The lowest BCUT2D eigenvalue weighted by molar-refractivity contribution is 0.0958. The van der Waals surface area contributed by atoms with E-state index in [9.17, 15) is 12.8 Å². The van der Waals surface area contributed by atoms with Gasteiger partial charge in [0.2, 0.25) is 0 Å². The molecular weight excluding hydrogens is 473 g/mol. The highest BCUT2D eigenvalue weighted by Gasteiger charge is 2.25. The fourth-order valence-electron chi connectivity index (χ4n) is 3.64. The van der Waals surface area contributed by atoms with Crippen LogP contribution in [0.3, 0.4) is 0 Å². The number of thiazole rings is 1. The zero-order valence-corrected chi connectivity index (χ0v) is 20.0. The third-order valence-electron chi connectivity index (χ3n) is 5.34. The van der Waals surface area contributed by atoms with Gasteiger partial charge in [0, 0.05) is 30.6 Å². The zero-order chi connectivity index (χ0) is 21.8. The van der Waals surface area contributed by atoms with E-state index < -0.39 is 20.7 Å². The van der Waals surface area contributed by atoms with Crippen molar-refractivity contribution in [1.29, 1.82) is 0 Å².